The summed E-state index contributed by atoms with van der Waals surface area (Å²) in [6, 6.07) is 14.4. The first-order valence-corrected chi connectivity index (χ1v) is 6.79. The van der Waals surface area contributed by atoms with Gasteiger partial charge in [0.2, 0.25) is 0 Å². The van der Waals surface area contributed by atoms with Crippen LogP contribution in [0.3, 0.4) is 0 Å². The second-order valence-electron chi connectivity index (χ2n) is 4.81. The lowest BCUT2D eigenvalue weighted by Gasteiger charge is -2.11. The second-order valence-corrected chi connectivity index (χ2v) is 4.81. The summed E-state index contributed by atoms with van der Waals surface area (Å²) in [5.41, 5.74) is 9.34. The molecule has 19 heavy (non-hydrogen) atoms. The van der Waals surface area contributed by atoms with Gasteiger partial charge in [-0.1, -0.05) is 43.2 Å². The molecule has 0 fully saturated rings. The van der Waals surface area contributed by atoms with Crippen molar-refractivity contribution in [2.24, 2.45) is 5.73 Å². The van der Waals surface area contributed by atoms with Crippen LogP contribution in [0.2, 0.25) is 0 Å². The van der Waals surface area contributed by atoms with Crippen molar-refractivity contribution < 1.29 is 4.74 Å². The zero-order valence-corrected chi connectivity index (χ0v) is 11.6. The van der Waals surface area contributed by atoms with Crippen molar-refractivity contribution in [2.45, 2.75) is 33.2 Å². The van der Waals surface area contributed by atoms with Gasteiger partial charge in [0.25, 0.3) is 0 Å². The van der Waals surface area contributed by atoms with Crippen molar-refractivity contribution in [3.05, 3.63) is 59.2 Å². The molecule has 0 atom stereocenters. The minimum Gasteiger partial charge on any atom is -0.457 e. The number of nitrogens with two attached hydrogens (primary N) is 1. The highest BCUT2D eigenvalue weighted by Gasteiger charge is 2.04. The summed E-state index contributed by atoms with van der Waals surface area (Å²) in [5, 5.41) is 0. The van der Waals surface area contributed by atoms with E-state index in [0.717, 1.165) is 29.9 Å². The first kappa shape index (κ1) is 13.6. The van der Waals surface area contributed by atoms with E-state index < -0.39 is 0 Å². The average Bonchev–Trinajstić information content (AvgIpc) is 2.43. The van der Waals surface area contributed by atoms with Gasteiger partial charge in [0.1, 0.15) is 11.5 Å². The highest BCUT2D eigenvalue weighted by Crippen LogP contribution is 2.26. The minimum absolute atomic E-state index is 0.491. The molecular weight excluding hydrogens is 234 g/mol. The predicted molar refractivity (Wildman–Crippen MR) is 79.6 cm³/mol. The van der Waals surface area contributed by atoms with E-state index in [0.29, 0.717) is 6.54 Å². The van der Waals surface area contributed by atoms with E-state index in [2.05, 4.69) is 32.0 Å². The van der Waals surface area contributed by atoms with Crippen LogP contribution in [0.25, 0.3) is 0 Å². The first-order chi connectivity index (χ1) is 9.22. The fourth-order valence-electron chi connectivity index (χ4n) is 2.11. The summed E-state index contributed by atoms with van der Waals surface area (Å²) in [4.78, 5) is 0. The monoisotopic (exact) mass is 255 g/mol. The molecule has 0 aliphatic heterocycles. The molecule has 0 saturated carbocycles. The van der Waals surface area contributed by atoms with Crippen LogP contribution in [0.15, 0.2) is 42.5 Å². The van der Waals surface area contributed by atoms with Crippen LogP contribution in [-0.2, 0) is 13.0 Å². The number of hydrogen-bond acceptors (Lipinski definition) is 2. The maximum Gasteiger partial charge on any atom is 0.131 e. The Kier molecular flexibility index (Phi) is 4.58. The Balaban J connectivity index is 2.16. The number of ether oxygens (including phenoxy) is 1. The van der Waals surface area contributed by atoms with Crippen LogP contribution in [0.5, 0.6) is 11.5 Å². The standard InChI is InChI=1S/C17H21NO/c1-3-4-14-6-8-16(9-7-14)19-17-10-5-13(2)11-15(17)12-18/h5-11H,3-4,12,18H2,1-2H3. The normalized spacial score (nSPS) is 10.5. The van der Waals surface area contributed by atoms with Crippen LogP contribution in [0.1, 0.15) is 30.0 Å². The SMILES string of the molecule is CCCc1ccc(Oc2ccc(C)cc2CN)cc1. The first-order valence-electron chi connectivity index (χ1n) is 6.79. The Bertz CT molecular complexity index is 531. The Hall–Kier alpha value is -1.80. The fourth-order valence-corrected chi connectivity index (χ4v) is 2.11. The van der Waals surface area contributed by atoms with Gasteiger partial charge in [-0.25, -0.2) is 0 Å². The van der Waals surface area contributed by atoms with E-state index in [1.54, 1.807) is 0 Å². The third-order valence-electron chi connectivity index (χ3n) is 3.13. The average molecular weight is 255 g/mol. The summed E-state index contributed by atoms with van der Waals surface area (Å²) in [7, 11) is 0. The lowest BCUT2D eigenvalue weighted by molar-refractivity contribution is 0.476. The van der Waals surface area contributed by atoms with E-state index in [-0.39, 0.29) is 0 Å². The molecule has 2 heteroatoms. The van der Waals surface area contributed by atoms with Gasteiger partial charge in [-0.05, 0) is 37.1 Å². The van der Waals surface area contributed by atoms with Gasteiger partial charge in [0.05, 0.1) is 0 Å². The molecule has 0 aliphatic carbocycles. The second kappa shape index (κ2) is 6.39. The van der Waals surface area contributed by atoms with Gasteiger partial charge >= 0.3 is 0 Å². The quantitative estimate of drug-likeness (QED) is 0.869. The molecule has 100 valence electrons. The molecule has 0 saturated heterocycles. The molecule has 0 spiro atoms. The highest BCUT2D eigenvalue weighted by atomic mass is 16.5. The molecule has 0 radical (unpaired) electrons. The van der Waals surface area contributed by atoms with E-state index in [1.807, 2.05) is 24.3 Å². The lowest BCUT2D eigenvalue weighted by atomic mass is 10.1. The van der Waals surface area contributed by atoms with Gasteiger partial charge in [-0.15, -0.1) is 0 Å². The van der Waals surface area contributed by atoms with Gasteiger partial charge in [-0.3, -0.25) is 0 Å². The Morgan fingerprint density at radius 1 is 1.05 bits per heavy atom. The summed E-state index contributed by atoms with van der Waals surface area (Å²) >= 11 is 0. The summed E-state index contributed by atoms with van der Waals surface area (Å²) in [5.74, 6) is 1.70. The number of aryl methyl sites for hydroxylation is 2. The van der Waals surface area contributed by atoms with Crippen LogP contribution >= 0.6 is 0 Å². The van der Waals surface area contributed by atoms with Crippen LogP contribution in [-0.4, -0.2) is 0 Å². The number of benzene rings is 2. The molecule has 0 unspecified atom stereocenters. The van der Waals surface area contributed by atoms with Crippen molar-refractivity contribution in [1.82, 2.24) is 0 Å². The molecule has 0 aliphatic rings. The third-order valence-corrected chi connectivity index (χ3v) is 3.13. The Labute approximate surface area is 115 Å². The van der Waals surface area contributed by atoms with E-state index in [4.69, 9.17) is 10.5 Å². The van der Waals surface area contributed by atoms with Crippen molar-refractivity contribution >= 4 is 0 Å². The van der Waals surface area contributed by atoms with Crippen LogP contribution in [0.4, 0.5) is 0 Å². The molecular formula is C17H21NO. The van der Waals surface area contributed by atoms with Gasteiger partial charge in [0.15, 0.2) is 0 Å². The molecule has 2 aromatic carbocycles. The van der Waals surface area contributed by atoms with Gasteiger partial charge < -0.3 is 10.5 Å². The Morgan fingerprint density at radius 2 is 1.79 bits per heavy atom. The Morgan fingerprint density at radius 3 is 2.42 bits per heavy atom. The lowest BCUT2D eigenvalue weighted by Crippen LogP contribution is -2.00. The van der Waals surface area contributed by atoms with E-state index in [1.165, 1.54) is 11.1 Å². The molecule has 2 rings (SSSR count). The maximum atomic E-state index is 5.91. The summed E-state index contributed by atoms with van der Waals surface area (Å²) < 4.78 is 5.91. The zero-order chi connectivity index (χ0) is 13.7. The highest BCUT2D eigenvalue weighted by molar-refractivity contribution is 5.40. The van der Waals surface area contributed by atoms with Crippen LogP contribution < -0.4 is 10.5 Å². The third kappa shape index (κ3) is 3.58. The van der Waals surface area contributed by atoms with Crippen LogP contribution in [0, 0.1) is 6.92 Å². The molecule has 0 bridgehead atoms. The van der Waals surface area contributed by atoms with E-state index >= 15 is 0 Å². The fraction of sp³-hybridized carbons (Fsp3) is 0.294. The summed E-state index contributed by atoms with van der Waals surface area (Å²) in [6.07, 6.45) is 2.27. The molecule has 0 heterocycles. The molecule has 2 aromatic rings. The van der Waals surface area contributed by atoms with Crippen molar-refractivity contribution in [2.75, 3.05) is 0 Å². The molecule has 0 amide bonds. The minimum atomic E-state index is 0.491. The smallest absolute Gasteiger partial charge is 0.131 e. The van der Waals surface area contributed by atoms with Gasteiger partial charge in [0, 0.05) is 12.1 Å². The molecule has 2 N–H and O–H groups in total. The van der Waals surface area contributed by atoms with E-state index in [9.17, 15) is 0 Å². The van der Waals surface area contributed by atoms with Gasteiger partial charge in [-0.2, -0.15) is 0 Å². The molecule has 0 aromatic heterocycles. The largest absolute Gasteiger partial charge is 0.457 e. The van der Waals surface area contributed by atoms with Crippen molar-refractivity contribution in [1.29, 1.82) is 0 Å². The zero-order valence-electron chi connectivity index (χ0n) is 11.6. The van der Waals surface area contributed by atoms with Crippen molar-refractivity contribution in [3.8, 4) is 11.5 Å². The summed E-state index contributed by atoms with van der Waals surface area (Å²) in [6.45, 7) is 4.73. The molecule has 2 nitrogen and oxygen atoms in total. The van der Waals surface area contributed by atoms with Crippen molar-refractivity contribution in [3.63, 3.8) is 0 Å². The topological polar surface area (TPSA) is 35.2 Å². The number of rotatable bonds is 5. The number of hydrogen-bond donors (Lipinski definition) is 1. The predicted octanol–water partition coefficient (Wildman–Crippen LogP) is 4.20. The maximum absolute atomic E-state index is 5.91.